The first-order valence-corrected chi connectivity index (χ1v) is 13.6. The molecule has 0 unspecified atom stereocenters. The third kappa shape index (κ3) is 5.77. The van der Waals surface area contributed by atoms with E-state index in [-0.39, 0.29) is 16.6 Å². The molecule has 2 aromatic carbocycles. The Kier molecular flexibility index (Phi) is 8.40. The van der Waals surface area contributed by atoms with E-state index in [2.05, 4.69) is 20.5 Å². The molecule has 0 spiro atoms. The van der Waals surface area contributed by atoms with Gasteiger partial charge in [0, 0.05) is 23.1 Å². The van der Waals surface area contributed by atoms with E-state index >= 15 is 8.78 Å². The Balaban J connectivity index is 1.69. The fourth-order valence-electron chi connectivity index (χ4n) is 4.12. The standard InChI is InChI=1S/C26H25F4N5O4S/c1-35(2)10-4-9-31-25(36)24-17-7-6-16(22(30)23(17)33-34-24)20-18(28)8-5-14(21(20)29)13-40(37,38)19-11-15(27)12-32-26(19)39-3/h5-8,11-12H,4,9-10,13H2,1-3H3,(H,31,36)(H,33,34). The number of benzene rings is 2. The van der Waals surface area contributed by atoms with Gasteiger partial charge in [-0.1, -0.05) is 12.1 Å². The highest BCUT2D eigenvalue weighted by molar-refractivity contribution is 7.90. The molecule has 0 aliphatic carbocycles. The molecule has 4 rings (SSSR count). The number of nitrogens with zero attached hydrogens (tertiary/aromatic N) is 3. The molecule has 0 fully saturated rings. The van der Waals surface area contributed by atoms with Crippen LogP contribution in [0, 0.1) is 23.3 Å². The molecule has 4 aromatic rings. The SMILES string of the molecule is COc1ncc(F)cc1S(=O)(=O)Cc1ccc(F)c(-c2ccc3c(C(=O)NCCCN(C)C)[nH]nc3c2F)c1F. The second kappa shape index (κ2) is 11.6. The molecule has 40 heavy (non-hydrogen) atoms. The Morgan fingerprint density at radius 1 is 1.10 bits per heavy atom. The summed E-state index contributed by atoms with van der Waals surface area (Å²) in [5.41, 5.74) is -2.21. The fourth-order valence-corrected chi connectivity index (χ4v) is 5.60. The van der Waals surface area contributed by atoms with Crippen LogP contribution in [0.2, 0.25) is 0 Å². The van der Waals surface area contributed by atoms with Gasteiger partial charge in [-0.3, -0.25) is 9.89 Å². The number of pyridine rings is 1. The van der Waals surface area contributed by atoms with Gasteiger partial charge in [0.2, 0.25) is 5.88 Å². The summed E-state index contributed by atoms with van der Waals surface area (Å²) < 4.78 is 90.5. The smallest absolute Gasteiger partial charge is 0.269 e. The minimum absolute atomic E-state index is 0.0243. The molecule has 9 nitrogen and oxygen atoms in total. The first-order valence-electron chi connectivity index (χ1n) is 11.9. The maximum Gasteiger partial charge on any atom is 0.269 e. The minimum Gasteiger partial charge on any atom is -0.480 e. The average Bonchev–Trinajstić information content (AvgIpc) is 3.34. The van der Waals surface area contributed by atoms with Crippen LogP contribution in [-0.2, 0) is 15.6 Å². The van der Waals surface area contributed by atoms with E-state index < -0.39 is 72.2 Å². The van der Waals surface area contributed by atoms with Gasteiger partial charge < -0.3 is 15.0 Å². The highest BCUT2D eigenvalue weighted by Crippen LogP contribution is 2.35. The number of sulfone groups is 1. The van der Waals surface area contributed by atoms with Crippen LogP contribution in [0.25, 0.3) is 22.0 Å². The Morgan fingerprint density at radius 2 is 1.85 bits per heavy atom. The quantitative estimate of drug-likeness (QED) is 0.217. The molecule has 0 atom stereocenters. The summed E-state index contributed by atoms with van der Waals surface area (Å²) in [6, 6.07) is 4.73. The van der Waals surface area contributed by atoms with Crippen molar-refractivity contribution in [2.75, 3.05) is 34.3 Å². The lowest BCUT2D eigenvalue weighted by Gasteiger charge is -2.13. The third-order valence-electron chi connectivity index (χ3n) is 6.06. The van der Waals surface area contributed by atoms with E-state index in [1.807, 2.05) is 19.0 Å². The molecule has 1 amide bonds. The van der Waals surface area contributed by atoms with Crippen molar-refractivity contribution in [3.63, 3.8) is 0 Å². The maximum atomic E-state index is 15.6. The number of fused-ring (bicyclic) bond motifs is 1. The van der Waals surface area contributed by atoms with E-state index in [0.29, 0.717) is 19.0 Å². The van der Waals surface area contributed by atoms with Gasteiger partial charge in [-0.25, -0.2) is 31.0 Å². The zero-order valence-electron chi connectivity index (χ0n) is 21.7. The Hall–Kier alpha value is -4.04. The van der Waals surface area contributed by atoms with Gasteiger partial charge in [-0.05, 0) is 45.3 Å². The molecule has 0 aliphatic heterocycles. The number of aromatic amines is 1. The summed E-state index contributed by atoms with van der Waals surface area (Å²) in [4.78, 5) is 17.5. The van der Waals surface area contributed by atoms with Crippen molar-refractivity contribution < 1.29 is 35.5 Å². The molecular weight excluding hydrogens is 554 g/mol. The second-order valence-electron chi connectivity index (χ2n) is 9.15. The zero-order valence-corrected chi connectivity index (χ0v) is 22.5. The van der Waals surface area contributed by atoms with Crippen LogP contribution in [0.5, 0.6) is 5.88 Å². The third-order valence-corrected chi connectivity index (χ3v) is 7.71. The van der Waals surface area contributed by atoms with Gasteiger partial charge in [0.05, 0.1) is 24.6 Å². The Bertz CT molecular complexity index is 1690. The van der Waals surface area contributed by atoms with Gasteiger partial charge >= 0.3 is 0 Å². The van der Waals surface area contributed by atoms with Crippen molar-refractivity contribution in [3.8, 4) is 17.0 Å². The van der Waals surface area contributed by atoms with Gasteiger partial charge in [-0.15, -0.1) is 0 Å². The number of halogens is 4. The van der Waals surface area contributed by atoms with Gasteiger partial charge in [0.25, 0.3) is 5.91 Å². The molecule has 0 radical (unpaired) electrons. The van der Waals surface area contributed by atoms with Crippen LogP contribution in [0.1, 0.15) is 22.5 Å². The highest BCUT2D eigenvalue weighted by Gasteiger charge is 2.28. The zero-order chi connectivity index (χ0) is 29.2. The van der Waals surface area contributed by atoms with Gasteiger partial charge in [0.15, 0.2) is 15.7 Å². The molecule has 2 heterocycles. The summed E-state index contributed by atoms with van der Waals surface area (Å²) in [5.74, 6) is -6.52. The van der Waals surface area contributed by atoms with Crippen LogP contribution in [0.15, 0.2) is 41.4 Å². The molecule has 0 bridgehead atoms. The summed E-state index contributed by atoms with van der Waals surface area (Å²) in [7, 11) is 0.488. The number of hydrogen-bond donors (Lipinski definition) is 2. The number of hydrogen-bond acceptors (Lipinski definition) is 7. The highest BCUT2D eigenvalue weighted by atomic mass is 32.2. The monoisotopic (exact) mass is 579 g/mol. The largest absolute Gasteiger partial charge is 0.480 e. The normalized spacial score (nSPS) is 11.8. The average molecular weight is 580 g/mol. The summed E-state index contributed by atoms with van der Waals surface area (Å²) in [5, 5.41) is 9.08. The van der Waals surface area contributed by atoms with Crippen LogP contribution >= 0.6 is 0 Å². The van der Waals surface area contributed by atoms with Gasteiger partial charge in [0.1, 0.15) is 33.6 Å². The minimum atomic E-state index is -4.43. The van der Waals surface area contributed by atoms with Gasteiger partial charge in [-0.2, -0.15) is 5.10 Å². The first kappa shape index (κ1) is 29.0. The number of aromatic nitrogens is 3. The molecule has 0 saturated heterocycles. The van der Waals surface area contributed by atoms with Crippen molar-refractivity contribution in [2.45, 2.75) is 17.1 Å². The molecule has 0 saturated carbocycles. The molecule has 2 N–H and O–H groups in total. The van der Waals surface area contributed by atoms with Crippen molar-refractivity contribution in [3.05, 3.63) is 71.1 Å². The second-order valence-corrected chi connectivity index (χ2v) is 11.1. The number of methoxy groups -OCH3 is 1. The Labute approximate surface area is 227 Å². The van der Waals surface area contributed by atoms with Crippen LogP contribution in [-0.4, -0.2) is 68.7 Å². The molecule has 212 valence electrons. The predicted octanol–water partition coefficient (Wildman–Crippen LogP) is 3.85. The van der Waals surface area contributed by atoms with Crippen molar-refractivity contribution in [2.24, 2.45) is 0 Å². The molecule has 14 heteroatoms. The lowest BCUT2D eigenvalue weighted by Crippen LogP contribution is -2.27. The van der Waals surface area contributed by atoms with Crippen LogP contribution in [0.3, 0.4) is 0 Å². The molecule has 0 aliphatic rings. The topological polar surface area (TPSA) is 117 Å². The van der Waals surface area contributed by atoms with Crippen molar-refractivity contribution >= 4 is 26.6 Å². The maximum absolute atomic E-state index is 15.6. The number of H-pyrrole nitrogens is 1. The summed E-state index contributed by atoms with van der Waals surface area (Å²) in [6.45, 7) is 1.11. The van der Waals surface area contributed by atoms with E-state index in [0.717, 1.165) is 38.1 Å². The number of rotatable bonds is 10. The van der Waals surface area contributed by atoms with Crippen LogP contribution in [0.4, 0.5) is 17.6 Å². The number of amides is 1. The number of carbonyl (C=O) groups excluding carboxylic acids is 1. The summed E-state index contributed by atoms with van der Waals surface area (Å²) in [6.07, 6.45) is 1.43. The molecular formula is C26H25F4N5O4S. The number of nitrogens with one attached hydrogen (secondary N) is 2. The van der Waals surface area contributed by atoms with E-state index in [9.17, 15) is 22.0 Å². The lowest BCUT2D eigenvalue weighted by molar-refractivity contribution is 0.0949. The lowest BCUT2D eigenvalue weighted by atomic mass is 9.99. The summed E-state index contributed by atoms with van der Waals surface area (Å²) >= 11 is 0. The number of ether oxygens (including phenoxy) is 1. The molecule has 2 aromatic heterocycles. The van der Waals surface area contributed by atoms with Crippen molar-refractivity contribution in [1.82, 2.24) is 25.4 Å². The fraction of sp³-hybridized carbons (Fsp3) is 0.269. The number of carbonyl (C=O) groups is 1. The predicted molar refractivity (Wildman–Crippen MR) is 139 cm³/mol. The van der Waals surface area contributed by atoms with E-state index in [1.165, 1.54) is 6.07 Å². The van der Waals surface area contributed by atoms with Crippen LogP contribution < -0.4 is 10.1 Å². The van der Waals surface area contributed by atoms with E-state index in [4.69, 9.17) is 4.74 Å². The van der Waals surface area contributed by atoms with Crippen molar-refractivity contribution in [1.29, 1.82) is 0 Å². The first-order chi connectivity index (χ1) is 18.9. The van der Waals surface area contributed by atoms with E-state index in [1.54, 1.807) is 0 Å². The Morgan fingerprint density at radius 3 is 2.55 bits per heavy atom.